The molecule has 138 valence electrons. The highest BCUT2D eigenvalue weighted by Gasteiger charge is 2.34. The van der Waals surface area contributed by atoms with Gasteiger partial charge in [0, 0.05) is 24.4 Å². The van der Waals surface area contributed by atoms with E-state index in [-0.39, 0.29) is 24.3 Å². The molecule has 0 spiro atoms. The second-order valence-corrected chi connectivity index (χ2v) is 7.76. The number of benzene rings is 2. The van der Waals surface area contributed by atoms with Crippen molar-refractivity contribution in [3.63, 3.8) is 0 Å². The van der Waals surface area contributed by atoms with Crippen molar-refractivity contribution in [2.24, 2.45) is 0 Å². The molecule has 0 bridgehead atoms. The summed E-state index contributed by atoms with van der Waals surface area (Å²) in [7, 11) is 0. The number of hydrogen-bond acceptors (Lipinski definition) is 4. The van der Waals surface area contributed by atoms with E-state index in [1.807, 2.05) is 29.2 Å². The van der Waals surface area contributed by atoms with Crippen LogP contribution in [-0.2, 0) is 4.79 Å². The van der Waals surface area contributed by atoms with E-state index in [1.165, 1.54) is 4.90 Å². The summed E-state index contributed by atoms with van der Waals surface area (Å²) >= 11 is 1.78. The van der Waals surface area contributed by atoms with Gasteiger partial charge in [0.2, 0.25) is 5.91 Å². The van der Waals surface area contributed by atoms with Crippen LogP contribution in [0.1, 0.15) is 40.0 Å². The van der Waals surface area contributed by atoms with Crippen molar-refractivity contribution in [3.05, 3.63) is 59.7 Å². The Morgan fingerprint density at radius 3 is 2.37 bits per heavy atom. The van der Waals surface area contributed by atoms with E-state index < -0.39 is 0 Å². The Hall–Kier alpha value is -2.60. The highest BCUT2D eigenvalue weighted by Crippen LogP contribution is 2.34. The van der Waals surface area contributed by atoms with E-state index in [4.69, 9.17) is 0 Å². The molecule has 0 atom stereocenters. The Labute approximate surface area is 162 Å². The lowest BCUT2D eigenvalue weighted by molar-refractivity contribution is -0.118. The Morgan fingerprint density at radius 2 is 1.63 bits per heavy atom. The number of anilines is 1. The predicted octanol–water partition coefficient (Wildman–Crippen LogP) is 3.59. The fraction of sp³-hybridized carbons (Fsp3) is 0.286. The first-order valence-electron chi connectivity index (χ1n) is 9.14. The first kappa shape index (κ1) is 17.8. The summed E-state index contributed by atoms with van der Waals surface area (Å²) in [6, 6.07) is 14.8. The van der Waals surface area contributed by atoms with Gasteiger partial charge in [-0.05, 0) is 42.9 Å². The molecule has 2 aromatic rings. The lowest BCUT2D eigenvalue weighted by atomic mass is 10.1. The molecule has 0 unspecified atom stereocenters. The Bertz CT molecular complexity index is 877. The lowest BCUT2D eigenvalue weighted by Crippen LogP contribution is -2.34. The van der Waals surface area contributed by atoms with Gasteiger partial charge < -0.3 is 4.90 Å². The fourth-order valence-electron chi connectivity index (χ4n) is 3.55. The van der Waals surface area contributed by atoms with Crippen LogP contribution in [0.3, 0.4) is 0 Å². The molecule has 2 aliphatic heterocycles. The van der Waals surface area contributed by atoms with Crippen LogP contribution in [0.4, 0.5) is 5.69 Å². The third kappa shape index (κ3) is 3.37. The fourth-order valence-corrected chi connectivity index (χ4v) is 4.55. The molecule has 27 heavy (non-hydrogen) atoms. The maximum atomic E-state index is 12.8. The van der Waals surface area contributed by atoms with Crippen molar-refractivity contribution in [1.29, 1.82) is 0 Å². The van der Waals surface area contributed by atoms with Crippen molar-refractivity contribution in [3.8, 4) is 0 Å². The van der Waals surface area contributed by atoms with Gasteiger partial charge in [0.05, 0.1) is 16.8 Å². The maximum absolute atomic E-state index is 12.8. The zero-order valence-corrected chi connectivity index (χ0v) is 15.7. The summed E-state index contributed by atoms with van der Waals surface area (Å²) in [6.07, 6.45) is 1.73. The van der Waals surface area contributed by atoms with E-state index in [0.29, 0.717) is 30.5 Å². The topological polar surface area (TPSA) is 57.7 Å². The molecule has 0 aliphatic carbocycles. The average Bonchev–Trinajstić information content (AvgIpc) is 2.85. The van der Waals surface area contributed by atoms with E-state index >= 15 is 0 Å². The third-order valence-corrected chi connectivity index (χ3v) is 6.04. The van der Waals surface area contributed by atoms with Crippen LogP contribution in [0.15, 0.2) is 53.4 Å². The van der Waals surface area contributed by atoms with Crippen LogP contribution in [0.2, 0.25) is 0 Å². The Morgan fingerprint density at radius 1 is 0.963 bits per heavy atom. The van der Waals surface area contributed by atoms with Crippen molar-refractivity contribution in [1.82, 2.24) is 4.90 Å². The van der Waals surface area contributed by atoms with Crippen molar-refractivity contribution >= 4 is 35.2 Å². The number of fused-ring (bicyclic) bond motifs is 2. The number of imide groups is 1. The maximum Gasteiger partial charge on any atom is 0.261 e. The van der Waals surface area contributed by atoms with Gasteiger partial charge in [0.15, 0.2) is 0 Å². The lowest BCUT2D eigenvalue weighted by Gasteiger charge is -2.23. The van der Waals surface area contributed by atoms with Crippen LogP contribution in [0, 0.1) is 0 Å². The molecule has 2 aliphatic rings. The quantitative estimate of drug-likeness (QED) is 0.761. The van der Waals surface area contributed by atoms with Gasteiger partial charge in [-0.2, -0.15) is 0 Å². The number of thioether (sulfide) groups is 1. The molecule has 0 aromatic heterocycles. The normalized spacial score (nSPS) is 16.1. The summed E-state index contributed by atoms with van der Waals surface area (Å²) in [5, 5.41) is 0. The molecule has 0 radical (unpaired) electrons. The smallest absolute Gasteiger partial charge is 0.261 e. The minimum atomic E-state index is -0.264. The van der Waals surface area contributed by atoms with E-state index in [2.05, 4.69) is 0 Å². The van der Waals surface area contributed by atoms with Gasteiger partial charge in [0.1, 0.15) is 0 Å². The minimum absolute atomic E-state index is 0.0431. The summed E-state index contributed by atoms with van der Waals surface area (Å²) in [5.74, 6) is 0.510. The van der Waals surface area contributed by atoms with Crippen LogP contribution >= 0.6 is 11.8 Å². The molecule has 0 saturated heterocycles. The molecule has 5 nitrogen and oxygen atoms in total. The van der Waals surface area contributed by atoms with Crippen LogP contribution in [-0.4, -0.2) is 41.5 Å². The number of hydrogen-bond donors (Lipinski definition) is 0. The second-order valence-electron chi connectivity index (χ2n) is 6.63. The highest BCUT2D eigenvalue weighted by atomic mass is 32.2. The molecular weight excluding hydrogens is 360 g/mol. The van der Waals surface area contributed by atoms with Gasteiger partial charge in [-0.1, -0.05) is 24.3 Å². The summed E-state index contributed by atoms with van der Waals surface area (Å²) in [6.45, 7) is 0.970. The second kappa shape index (κ2) is 7.56. The number of nitrogens with zero attached hydrogens (tertiary/aromatic N) is 2. The standard InChI is InChI=1S/C21H20N2O3S/c24-19(22-13-6-14-27-18-10-4-3-9-17(18)22)11-5-12-23-20(25)15-7-1-2-8-16(15)21(23)26/h1-4,7-10H,5-6,11-14H2. The number of carbonyl (C=O) groups excluding carboxylic acids is 3. The number of carbonyl (C=O) groups is 3. The molecule has 3 amide bonds. The summed E-state index contributed by atoms with van der Waals surface area (Å²) in [4.78, 5) is 41.8. The number of para-hydroxylation sites is 1. The SMILES string of the molecule is O=C1c2ccccc2C(=O)N1CCCC(=O)N1CCCSc2ccccc21. The Balaban J connectivity index is 1.40. The van der Waals surface area contributed by atoms with Crippen molar-refractivity contribution < 1.29 is 14.4 Å². The van der Waals surface area contributed by atoms with E-state index in [1.54, 1.807) is 36.0 Å². The van der Waals surface area contributed by atoms with Gasteiger partial charge in [-0.3, -0.25) is 19.3 Å². The largest absolute Gasteiger partial charge is 0.311 e. The predicted molar refractivity (Wildman–Crippen MR) is 105 cm³/mol. The third-order valence-electron chi connectivity index (χ3n) is 4.89. The van der Waals surface area contributed by atoms with Crippen LogP contribution in [0.25, 0.3) is 0 Å². The van der Waals surface area contributed by atoms with Gasteiger partial charge in [-0.15, -0.1) is 11.8 Å². The summed E-state index contributed by atoms with van der Waals surface area (Å²) < 4.78 is 0. The monoisotopic (exact) mass is 380 g/mol. The number of amides is 3. The van der Waals surface area contributed by atoms with E-state index in [9.17, 15) is 14.4 Å². The molecular formula is C21H20N2O3S. The number of rotatable bonds is 4. The van der Waals surface area contributed by atoms with Crippen LogP contribution in [0.5, 0.6) is 0 Å². The molecule has 2 heterocycles. The average molecular weight is 380 g/mol. The Kier molecular flexibility index (Phi) is 4.99. The van der Waals surface area contributed by atoms with Gasteiger partial charge in [0.25, 0.3) is 11.8 Å². The molecule has 0 fully saturated rings. The van der Waals surface area contributed by atoms with E-state index in [0.717, 1.165) is 22.8 Å². The molecule has 4 rings (SSSR count). The van der Waals surface area contributed by atoms with Crippen LogP contribution < -0.4 is 4.90 Å². The molecule has 0 N–H and O–H groups in total. The van der Waals surface area contributed by atoms with Gasteiger partial charge in [-0.25, -0.2) is 0 Å². The first-order valence-corrected chi connectivity index (χ1v) is 10.1. The minimum Gasteiger partial charge on any atom is -0.311 e. The highest BCUT2D eigenvalue weighted by molar-refractivity contribution is 7.99. The van der Waals surface area contributed by atoms with Crippen molar-refractivity contribution in [2.45, 2.75) is 24.2 Å². The zero-order valence-electron chi connectivity index (χ0n) is 14.9. The molecule has 2 aromatic carbocycles. The van der Waals surface area contributed by atoms with Gasteiger partial charge >= 0.3 is 0 Å². The first-order chi connectivity index (χ1) is 13.2. The summed E-state index contributed by atoms with van der Waals surface area (Å²) in [5.41, 5.74) is 1.87. The zero-order chi connectivity index (χ0) is 18.8. The molecule has 0 saturated carbocycles. The van der Waals surface area contributed by atoms with Crippen molar-refractivity contribution in [2.75, 3.05) is 23.7 Å². The molecule has 6 heteroatoms.